The number of allylic oxidation sites excluding steroid dienone is 1. The van der Waals surface area contributed by atoms with Gasteiger partial charge in [-0.3, -0.25) is 14.2 Å². The molecule has 37 heavy (non-hydrogen) atoms. The zero-order valence-corrected chi connectivity index (χ0v) is 22.9. The van der Waals surface area contributed by atoms with Gasteiger partial charge in [-0.15, -0.1) is 28.1 Å². The molecule has 0 aliphatic carbocycles. The Labute approximate surface area is 223 Å². The van der Waals surface area contributed by atoms with Crippen molar-refractivity contribution >= 4 is 45.9 Å². The van der Waals surface area contributed by atoms with Crippen molar-refractivity contribution in [3.05, 3.63) is 63.8 Å². The van der Waals surface area contributed by atoms with E-state index >= 15 is 0 Å². The standard InChI is InChI=1S/C25H29N5O5S2/c1-7-11-30-22(16(5)35-17-10-8-9-13(2)14(17)3)28-29-25(30)36-12-18(31)27-23-19(24(33)34-6)15(4)20(37-23)21(26)32/h7-10,16H,1,11-12H2,2-6H3,(H2,26,32)(H,27,31). The molecule has 0 fully saturated rings. The molecular formula is C25H29N5O5S2. The Morgan fingerprint density at radius 3 is 2.62 bits per heavy atom. The zero-order valence-electron chi connectivity index (χ0n) is 21.3. The zero-order chi connectivity index (χ0) is 27.3. The number of carbonyl (C=O) groups excluding carboxylic acids is 3. The van der Waals surface area contributed by atoms with Gasteiger partial charge in [0.05, 0.1) is 23.3 Å². The normalized spacial score (nSPS) is 11.6. The summed E-state index contributed by atoms with van der Waals surface area (Å²) in [5, 5.41) is 12.0. The van der Waals surface area contributed by atoms with E-state index in [1.807, 2.05) is 43.5 Å². The lowest BCUT2D eigenvalue weighted by Gasteiger charge is -2.18. The molecule has 3 rings (SSSR count). The molecule has 0 spiro atoms. The molecule has 0 bridgehead atoms. The summed E-state index contributed by atoms with van der Waals surface area (Å²) in [5.41, 5.74) is 8.04. The molecule has 0 saturated heterocycles. The Morgan fingerprint density at radius 2 is 1.97 bits per heavy atom. The van der Waals surface area contributed by atoms with Crippen LogP contribution in [-0.2, 0) is 16.1 Å². The van der Waals surface area contributed by atoms with Gasteiger partial charge >= 0.3 is 5.97 Å². The van der Waals surface area contributed by atoms with Crippen LogP contribution in [0.3, 0.4) is 0 Å². The maximum atomic E-state index is 12.8. The molecule has 0 aliphatic rings. The quantitative estimate of drug-likeness (QED) is 0.208. The Hall–Kier alpha value is -3.64. The van der Waals surface area contributed by atoms with Crippen molar-refractivity contribution in [2.45, 2.75) is 45.5 Å². The number of amides is 2. The Balaban J connectivity index is 1.76. The second-order valence-corrected chi connectivity index (χ2v) is 10.1. The number of aryl methyl sites for hydroxylation is 1. The molecule has 10 nitrogen and oxygen atoms in total. The molecule has 12 heteroatoms. The van der Waals surface area contributed by atoms with E-state index in [1.165, 1.54) is 18.9 Å². The third-order valence-electron chi connectivity index (χ3n) is 5.62. The van der Waals surface area contributed by atoms with Gasteiger partial charge in [-0.1, -0.05) is 30.0 Å². The number of aromatic nitrogens is 3. The van der Waals surface area contributed by atoms with Gasteiger partial charge in [0.15, 0.2) is 17.1 Å². The summed E-state index contributed by atoms with van der Waals surface area (Å²) in [5.74, 6) is -0.428. The second-order valence-electron chi connectivity index (χ2n) is 8.15. The maximum absolute atomic E-state index is 12.8. The van der Waals surface area contributed by atoms with Gasteiger partial charge in [0.25, 0.3) is 5.91 Å². The highest BCUT2D eigenvalue weighted by Crippen LogP contribution is 2.34. The highest BCUT2D eigenvalue weighted by atomic mass is 32.2. The first-order valence-electron chi connectivity index (χ1n) is 11.3. The van der Waals surface area contributed by atoms with Gasteiger partial charge in [-0.25, -0.2) is 4.79 Å². The molecule has 1 atom stereocenters. The van der Waals surface area contributed by atoms with Crippen LogP contribution in [0.4, 0.5) is 5.00 Å². The maximum Gasteiger partial charge on any atom is 0.341 e. The van der Waals surface area contributed by atoms with E-state index in [0.717, 1.165) is 28.2 Å². The van der Waals surface area contributed by atoms with Crippen LogP contribution in [0.5, 0.6) is 5.75 Å². The van der Waals surface area contributed by atoms with Crippen LogP contribution in [0, 0.1) is 20.8 Å². The molecule has 1 unspecified atom stereocenters. The summed E-state index contributed by atoms with van der Waals surface area (Å²) in [7, 11) is 1.22. The summed E-state index contributed by atoms with van der Waals surface area (Å²) in [6, 6.07) is 5.87. The average molecular weight is 544 g/mol. The van der Waals surface area contributed by atoms with Gasteiger partial charge in [0.2, 0.25) is 5.91 Å². The lowest BCUT2D eigenvalue weighted by molar-refractivity contribution is -0.113. The number of carbonyl (C=O) groups is 3. The lowest BCUT2D eigenvalue weighted by atomic mass is 10.1. The lowest BCUT2D eigenvalue weighted by Crippen LogP contribution is -2.17. The first-order valence-corrected chi connectivity index (χ1v) is 13.1. The van der Waals surface area contributed by atoms with Crippen molar-refractivity contribution in [2.24, 2.45) is 5.73 Å². The first kappa shape index (κ1) is 27.9. The van der Waals surface area contributed by atoms with Crippen LogP contribution in [0.15, 0.2) is 36.0 Å². The molecule has 1 aromatic carbocycles. The van der Waals surface area contributed by atoms with Gasteiger partial charge in [0, 0.05) is 6.54 Å². The van der Waals surface area contributed by atoms with Crippen molar-refractivity contribution < 1.29 is 23.9 Å². The number of thioether (sulfide) groups is 1. The van der Waals surface area contributed by atoms with Crippen LogP contribution in [0.1, 0.15) is 55.6 Å². The minimum Gasteiger partial charge on any atom is -0.482 e. The number of nitrogens with two attached hydrogens (primary N) is 1. The highest BCUT2D eigenvalue weighted by Gasteiger charge is 2.26. The number of hydrogen-bond donors (Lipinski definition) is 2. The molecule has 3 N–H and O–H groups in total. The average Bonchev–Trinajstić information content (AvgIpc) is 3.41. The number of esters is 1. The van der Waals surface area contributed by atoms with Gasteiger partial charge in [-0.2, -0.15) is 0 Å². The number of methoxy groups -OCH3 is 1. The number of anilines is 1. The first-order chi connectivity index (χ1) is 17.6. The third-order valence-corrected chi connectivity index (χ3v) is 7.81. The number of nitrogens with zero attached hydrogens (tertiary/aromatic N) is 3. The molecule has 3 aromatic rings. The molecule has 196 valence electrons. The summed E-state index contributed by atoms with van der Waals surface area (Å²) in [6.45, 7) is 11.7. The highest BCUT2D eigenvalue weighted by molar-refractivity contribution is 7.99. The fraction of sp³-hybridized carbons (Fsp3) is 0.320. The minimum atomic E-state index is -0.690. The van der Waals surface area contributed by atoms with E-state index in [4.69, 9.17) is 15.2 Å². The number of hydrogen-bond acceptors (Lipinski definition) is 9. The van der Waals surface area contributed by atoms with Crippen molar-refractivity contribution in [1.29, 1.82) is 0 Å². The van der Waals surface area contributed by atoms with Gasteiger partial charge in [0.1, 0.15) is 10.8 Å². The minimum absolute atomic E-state index is 0.0228. The second kappa shape index (κ2) is 12.1. The SMILES string of the molecule is C=CCn1c(SCC(=O)Nc2sc(C(N)=O)c(C)c2C(=O)OC)nnc1C(C)Oc1cccc(C)c1C. The fourth-order valence-corrected chi connectivity index (χ4v) is 5.40. The van der Waals surface area contributed by atoms with Crippen molar-refractivity contribution in [1.82, 2.24) is 14.8 Å². The summed E-state index contributed by atoms with van der Waals surface area (Å²) >= 11 is 2.10. The number of benzene rings is 1. The fourth-order valence-electron chi connectivity index (χ4n) is 3.58. The number of rotatable bonds is 11. The Kier molecular flexibility index (Phi) is 9.11. The largest absolute Gasteiger partial charge is 0.482 e. The van der Waals surface area contributed by atoms with E-state index in [-0.39, 0.29) is 21.2 Å². The van der Waals surface area contributed by atoms with Crippen molar-refractivity contribution in [3.8, 4) is 5.75 Å². The van der Waals surface area contributed by atoms with E-state index in [2.05, 4.69) is 22.1 Å². The predicted molar refractivity (Wildman–Crippen MR) is 143 cm³/mol. The predicted octanol–water partition coefficient (Wildman–Crippen LogP) is 4.21. The summed E-state index contributed by atoms with van der Waals surface area (Å²) in [6.07, 6.45) is 1.31. The van der Waals surface area contributed by atoms with E-state index in [1.54, 1.807) is 13.0 Å². The number of thiophene rings is 1. The molecule has 0 radical (unpaired) electrons. The van der Waals surface area contributed by atoms with Crippen molar-refractivity contribution in [3.63, 3.8) is 0 Å². The topological polar surface area (TPSA) is 138 Å². The van der Waals surface area contributed by atoms with Crippen LogP contribution < -0.4 is 15.8 Å². The van der Waals surface area contributed by atoms with Crippen LogP contribution >= 0.6 is 23.1 Å². The van der Waals surface area contributed by atoms with E-state index < -0.39 is 23.9 Å². The van der Waals surface area contributed by atoms with Gasteiger partial charge in [-0.05, 0) is 50.5 Å². The third kappa shape index (κ3) is 6.20. The number of nitrogens with one attached hydrogen (secondary N) is 1. The summed E-state index contributed by atoms with van der Waals surface area (Å²) < 4.78 is 12.8. The Morgan fingerprint density at radius 1 is 1.24 bits per heavy atom. The number of primary amides is 1. The molecule has 0 aliphatic heterocycles. The molecule has 0 saturated carbocycles. The van der Waals surface area contributed by atoms with Crippen LogP contribution in [0.2, 0.25) is 0 Å². The molecule has 2 amide bonds. The van der Waals surface area contributed by atoms with Gasteiger partial charge < -0.3 is 20.5 Å². The van der Waals surface area contributed by atoms with Crippen LogP contribution in [-0.4, -0.2) is 45.4 Å². The molecule has 2 heterocycles. The monoisotopic (exact) mass is 543 g/mol. The molecular weight excluding hydrogens is 514 g/mol. The Bertz CT molecular complexity index is 1350. The molecule has 2 aromatic heterocycles. The van der Waals surface area contributed by atoms with Crippen molar-refractivity contribution in [2.75, 3.05) is 18.2 Å². The van der Waals surface area contributed by atoms with Crippen LogP contribution in [0.25, 0.3) is 0 Å². The van der Waals surface area contributed by atoms with E-state index in [0.29, 0.717) is 23.1 Å². The smallest absolute Gasteiger partial charge is 0.341 e. The summed E-state index contributed by atoms with van der Waals surface area (Å²) in [4.78, 5) is 36.9. The van der Waals surface area contributed by atoms with E-state index in [9.17, 15) is 14.4 Å². The number of ether oxygens (including phenoxy) is 2.